The van der Waals surface area contributed by atoms with E-state index in [0.29, 0.717) is 23.5 Å². The van der Waals surface area contributed by atoms with Crippen LogP contribution >= 0.6 is 0 Å². The van der Waals surface area contributed by atoms with E-state index in [-0.39, 0.29) is 23.4 Å². The van der Waals surface area contributed by atoms with Gasteiger partial charge in [-0.2, -0.15) is 0 Å². The van der Waals surface area contributed by atoms with Crippen LogP contribution in [0.25, 0.3) is 5.76 Å². The van der Waals surface area contributed by atoms with Gasteiger partial charge < -0.3 is 24.4 Å². The number of nitro groups is 1. The lowest BCUT2D eigenvalue weighted by Gasteiger charge is -2.28. The average molecular weight is 554 g/mol. The summed E-state index contributed by atoms with van der Waals surface area (Å²) in [5.41, 5.74) is 0.206. The first-order valence-corrected chi connectivity index (χ1v) is 13.7. The number of ketones is 1. The Morgan fingerprint density at radius 2 is 1.68 bits per heavy atom. The maximum atomic E-state index is 13.4. The number of methoxy groups -OCH3 is 2. The van der Waals surface area contributed by atoms with Gasteiger partial charge in [0.15, 0.2) is 0 Å². The molecule has 0 radical (unpaired) electrons. The van der Waals surface area contributed by atoms with Crippen molar-refractivity contribution < 1.29 is 29.1 Å². The van der Waals surface area contributed by atoms with Crippen molar-refractivity contribution in [2.75, 3.05) is 40.4 Å². The van der Waals surface area contributed by atoms with Crippen LogP contribution in [-0.2, 0) is 9.59 Å². The standard InChI is InChI=1S/C30H39N3O7/c1-5-7-15-31(16-8-6-2)17-10-18-32-27(24-14-13-23(39-3)20-25(24)40-4)26(29(35)30(32)36)28(34)21-11-9-12-22(19-21)33(37)38/h9,11-14,19-20,27,34H,5-8,10,15-18H2,1-4H3/b28-26-. The fourth-order valence-corrected chi connectivity index (χ4v) is 4.96. The molecular weight excluding hydrogens is 514 g/mol. The van der Waals surface area contributed by atoms with E-state index in [1.54, 1.807) is 18.2 Å². The molecule has 0 saturated carbocycles. The first-order chi connectivity index (χ1) is 19.3. The van der Waals surface area contributed by atoms with E-state index in [2.05, 4.69) is 18.7 Å². The molecule has 10 nitrogen and oxygen atoms in total. The van der Waals surface area contributed by atoms with Crippen molar-refractivity contribution in [3.63, 3.8) is 0 Å². The smallest absolute Gasteiger partial charge is 0.295 e. The topological polar surface area (TPSA) is 122 Å². The molecule has 0 spiro atoms. The number of carbonyl (C=O) groups is 2. The molecule has 1 aliphatic heterocycles. The van der Waals surface area contributed by atoms with Gasteiger partial charge in [-0.05, 0) is 51.0 Å². The highest BCUT2D eigenvalue weighted by molar-refractivity contribution is 6.46. The van der Waals surface area contributed by atoms with Crippen LogP contribution in [0.5, 0.6) is 11.5 Å². The maximum Gasteiger partial charge on any atom is 0.295 e. The summed E-state index contributed by atoms with van der Waals surface area (Å²) in [6.45, 7) is 7.29. The number of hydrogen-bond donors (Lipinski definition) is 1. The lowest BCUT2D eigenvalue weighted by Crippen LogP contribution is -2.34. The molecule has 1 amide bonds. The first-order valence-electron chi connectivity index (χ1n) is 13.7. The second-order valence-electron chi connectivity index (χ2n) is 9.81. The van der Waals surface area contributed by atoms with Crippen LogP contribution in [0.3, 0.4) is 0 Å². The van der Waals surface area contributed by atoms with Gasteiger partial charge in [0.05, 0.1) is 30.8 Å². The largest absolute Gasteiger partial charge is 0.507 e. The Balaban J connectivity index is 2.05. The van der Waals surface area contributed by atoms with Gasteiger partial charge in [0.2, 0.25) is 0 Å². The summed E-state index contributed by atoms with van der Waals surface area (Å²) in [5, 5.41) is 22.7. The number of rotatable bonds is 15. The van der Waals surface area contributed by atoms with Gasteiger partial charge in [0, 0.05) is 35.9 Å². The van der Waals surface area contributed by atoms with Crippen LogP contribution in [0.15, 0.2) is 48.0 Å². The molecule has 2 aromatic rings. The van der Waals surface area contributed by atoms with Gasteiger partial charge >= 0.3 is 0 Å². The quantitative estimate of drug-likeness (QED) is 0.103. The molecule has 1 heterocycles. The molecule has 1 atom stereocenters. The van der Waals surface area contributed by atoms with Crippen LogP contribution in [-0.4, -0.2) is 71.9 Å². The van der Waals surface area contributed by atoms with Crippen molar-refractivity contribution in [3.8, 4) is 11.5 Å². The van der Waals surface area contributed by atoms with Crippen molar-refractivity contribution in [1.82, 2.24) is 9.80 Å². The van der Waals surface area contributed by atoms with E-state index in [4.69, 9.17) is 9.47 Å². The zero-order valence-corrected chi connectivity index (χ0v) is 23.7. The number of non-ortho nitro benzene ring substituents is 1. The molecule has 10 heteroatoms. The number of amides is 1. The third kappa shape index (κ3) is 6.98. The van der Waals surface area contributed by atoms with Gasteiger partial charge in [-0.3, -0.25) is 19.7 Å². The Morgan fingerprint density at radius 1 is 1.00 bits per heavy atom. The normalized spacial score (nSPS) is 16.5. The van der Waals surface area contributed by atoms with E-state index in [0.717, 1.165) is 45.3 Å². The zero-order chi connectivity index (χ0) is 29.2. The van der Waals surface area contributed by atoms with Crippen molar-refractivity contribution in [2.24, 2.45) is 0 Å². The Labute approximate surface area is 235 Å². The molecule has 0 aromatic heterocycles. The lowest BCUT2D eigenvalue weighted by molar-refractivity contribution is -0.384. The van der Waals surface area contributed by atoms with Gasteiger partial charge in [-0.1, -0.05) is 38.8 Å². The van der Waals surface area contributed by atoms with Crippen molar-refractivity contribution >= 4 is 23.1 Å². The van der Waals surface area contributed by atoms with Crippen LogP contribution < -0.4 is 9.47 Å². The summed E-state index contributed by atoms with van der Waals surface area (Å²) in [6.07, 6.45) is 4.98. The summed E-state index contributed by atoms with van der Waals surface area (Å²) in [7, 11) is 3.00. The van der Waals surface area contributed by atoms with Crippen LogP contribution in [0.4, 0.5) is 5.69 Å². The fourth-order valence-electron chi connectivity index (χ4n) is 4.96. The highest BCUT2D eigenvalue weighted by atomic mass is 16.6. The van der Waals surface area contributed by atoms with Gasteiger partial charge in [0.1, 0.15) is 17.3 Å². The predicted molar refractivity (Wildman–Crippen MR) is 153 cm³/mol. The molecule has 1 aliphatic rings. The third-order valence-electron chi connectivity index (χ3n) is 7.13. The summed E-state index contributed by atoms with van der Waals surface area (Å²) in [4.78, 5) is 41.4. The van der Waals surface area contributed by atoms with E-state index >= 15 is 0 Å². The minimum Gasteiger partial charge on any atom is -0.507 e. The molecule has 0 bridgehead atoms. The number of benzene rings is 2. The predicted octanol–water partition coefficient (Wildman–Crippen LogP) is 5.33. The van der Waals surface area contributed by atoms with Gasteiger partial charge in [-0.15, -0.1) is 0 Å². The number of aliphatic hydroxyl groups excluding tert-OH is 1. The molecule has 2 aromatic carbocycles. The molecule has 0 aliphatic carbocycles. The second kappa shape index (κ2) is 14.5. The highest BCUT2D eigenvalue weighted by Crippen LogP contribution is 2.44. The summed E-state index contributed by atoms with van der Waals surface area (Å²) < 4.78 is 10.9. The Bertz CT molecular complexity index is 1240. The summed E-state index contributed by atoms with van der Waals surface area (Å²) in [5.74, 6) is -1.14. The molecule has 3 rings (SSSR count). The number of nitro benzene ring substituents is 1. The number of unbranched alkanes of at least 4 members (excludes halogenated alkanes) is 2. The second-order valence-corrected chi connectivity index (χ2v) is 9.81. The molecule has 40 heavy (non-hydrogen) atoms. The zero-order valence-electron chi connectivity index (χ0n) is 23.7. The number of likely N-dealkylation sites (tertiary alicyclic amines) is 1. The number of hydrogen-bond acceptors (Lipinski definition) is 8. The average Bonchev–Trinajstić information content (AvgIpc) is 3.22. The SMILES string of the molecule is CCCCN(CCCC)CCCN1C(=O)C(=O)/C(=C(\O)c2cccc([N+](=O)[O-])c2)C1c1ccc(OC)cc1OC. The minimum absolute atomic E-state index is 0.0787. The summed E-state index contributed by atoms with van der Waals surface area (Å²) in [6, 6.07) is 9.48. The Morgan fingerprint density at radius 3 is 2.27 bits per heavy atom. The van der Waals surface area contributed by atoms with E-state index in [9.17, 15) is 24.8 Å². The Hall–Kier alpha value is -3.92. The van der Waals surface area contributed by atoms with Crippen molar-refractivity contribution in [3.05, 3.63) is 69.3 Å². The first kappa shape index (κ1) is 30.6. The number of aliphatic hydroxyl groups is 1. The van der Waals surface area contributed by atoms with E-state index in [1.165, 1.54) is 43.4 Å². The van der Waals surface area contributed by atoms with Crippen molar-refractivity contribution in [2.45, 2.75) is 52.0 Å². The molecule has 1 N–H and O–H groups in total. The number of carbonyl (C=O) groups excluding carboxylic acids is 2. The Kier molecular flexibility index (Phi) is 11.1. The molecule has 216 valence electrons. The van der Waals surface area contributed by atoms with Crippen LogP contribution in [0, 0.1) is 10.1 Å². The number of Topliss-reactive ketones (excluding diaryl/α,β-unsaturated/α-hetero) is 1. The lowest BCUT2D eigenvalue weighted by atomic mass is 9.94. The van der Waals surface area contributed by atoms with Crippen LogP contribution in [0.2, 0.25) is 0 Å². The molecule has 1 saturated heterocycles. The molecular formula is C30H39N3O7. The van der Waals surface area contributed by atoms with Crippen molar-refractivity contribution in [1.29, 1.82) is 0 Å². The summed E-state index contributed by atoms with van der Waals surface area (Å²) >= 11 is 0. The molecule has 1 unspecified atom stereocenters. The van der Waals surface area contributed by atoms with Gasteiger partial charge in [0.25, 0.3) is 17.4 Å². The molecule has 1 fully saturated rings. The van der Waals surface area contributed by atoms with E-state index in [1.807, 2.05) is 0 Å². The third-order valence-corrected chi connectivity index (χ3v) is 7.13. The highest BCUT2D eigenvalue weighted by Gasteiger charge is 2.47. The number of ether oxygens (including phenoxy) is 2. The minimum atomic E-state index is -0.945. The van der Waals surface area contributed by atoms with E-state index < -0.39 is 28.4 Å². The maximum absolute atomic E-state index is 13.4. The monoisotopic (exact) mass is 553 g/mol. The van der Waals surface area contributed by atoms with Gasteiger partial charge in [-0.25, -0.2) is 0 Å². The number of nitrogens with zero attached hydrogens (tertiary/aromatic N) is 3. The fraction of sp³-hybridized carbons (Fsp3) is 0.467. The van der Waals surface area contributed by atoms with Crippen LogP contribution in [0.1, 0.15) is 63.1 Å².